The molecule has 1 aromatic carbocycles. The van der Waals surface area contributed by atoms with E-state index in [0.717, 1.165) is 0 Å². The van der Waals surface area contributed by atoms with Crippen LogP contribution in [0.15, 0.2) is 12.1 Å². The topological polar surface area (TPSA) is 77.8 Å². The number of aliphatic hydroxyl groups excluding tert-OH is 2. The van der Waals surface area contributed by atoms with Gasteiger partial charge in [-0.25, -0.2) is 13.6 Å². The van der Waals surface area contributed by atoms with Crippen LogP contribution in [0.4, 0.5) is 8.78 Å². The van der Waals surface area contributed by atoms with Crippen molar-refractivity contribution in [3.63, 3.8) is 0 Å². The summed E-state index contributed by atoms with van der Waals surface area (Å²) in [5.41, 5.74) is -1.01. The Kier molecular flexibility index (Phi) is 4.75. The molecule has 0 heterocycles. The first-order valence-electron chi connectivity index (χ1n) is 5.43. The lowest BCUT2D eigenvalue weighted by Gasteiger charge is -2.21. The van der Waals surface area contributed by atoms with E-state index in [1.54, 1.807) is 6.92 Å². The summed E-state index contributed by atoms with van der Waals surface area (Å²) in [6.07, 6.45) is -0.889. The monoisotopic (exact) mass is 260 g/mol. The van der Waals surface area contributed by atoms with E-state index in [0.29, 0.717) is 12.1 Å². The largest absolute Gasteiger partial charge is 0.478 e. The van der Waals surface area contributed by atoms with E-state index in [9.17, 15) is 18.7 Å². The van der Waals surface area contributed by atoms with Crippen LogP contribution in [0.5, 0.6) is 0 Å². The van der Waals surface area contributed by atoms with E-state index < -0.39 is 47.4 Å². The van der Waals surface area contributed by atoms with Crippen LogP contribution in [0, 0.1) is 11.6 Å². The van der Waals surface area contributed by atoms with E-state index >= 15 is 0 Å². The number of hydrogen-bond donors (Lipinski definition) is 3. The van der Waals surface area contributed by atoms with Crippen LogP contribution in [0.3, 0.4) is 0 Å². The van der Waals surface area contributed by atoms with Gasteiger partial charge in [-0.05, 0) is 18.6 Å². The average Bonchev–Trinajstić information content (AvgIpc) is 2.32. The van der Waals surface area contributed by atoms with E-state index in [-0.39, 0.29) is 6.42 Å². The highest BCUT2D eigenvalue weighted by atomic mass is 19.1. The molecule has 1 rings (SSSR count). The van der Waals surface area contributed by atoms with Gasteiger partial charge in [0.15, 0.2) is 0 Å². The van der Waals surface area contributed by atoms with E-state index in [1.807, 2.05) is 0 Å². The number of carboxylic acid groups (broad SMARTS) is 1. The zero-order chi connectivity index (χ0) is 13.9. The van der Waals surface area contributed by atoms with Gasteiger partial charge in [-0.15, -0.1) is 0 Å². The van der Waals surface area contributed by atoms with E-state index in [1.165, 1.54) is 0 Å². The molecule has 0 aliphatic carbocycles. The minimum Gasteiger partial charge on any atom is -0.478 e. The number of aromatic carboxylic acids is 1. The summed E-state index contributed by atoms with van der Waals surface area (Å²) in [5.74, 6) is -4.73. The third-order valence-corrected chi connectivity index (χ3v) is 2.78. The zero-order valence-electron chi connectivity index (χ0n) is 9.73. The molecular weight excluding hydrogens is 246 g/mol. The molecule has 2 atom stereocenters. The molecule has 0 aromatic heterocycles. The molecule has 0 saturated heterocycles. The van der Waals surface area contributed by atoms with Crippen molar-refractivity contribution in [3.05, 3.63) is 34.9 Å². The molecule has 0 spiro atoms. The summed E-state index contributed by atoms with van der Waals surface area (Å²) in [4.78, 5) is 10.6. The Balaban J connectivity index is 3.28. The number of aliphatic hydroxyl groups is 2. The Morgan fingerprint density at radius 2 is 1.83 bits per heavy atom. The number of benzene rings is 1. The number of rotatable bonds is 5. The first-order chi connectivity index (χ1) is 8.42. The molecule has 3 N–H and O–H groups in total. The summed E-state index contributed by atoms with van der Waals surface area (Å²) in [6, 6.07) is 1.34. The Morgan fingerprint density at radius 3 is 2.17 bits per heavy atom. The Labute approximate surface area is 102 Å². The van der Waals surface area contributed by atoms with Crippen LogP contribution in [-0.4, -0.2) is 34.0 Å². The molecule has 0 aliphatic rings. The molecule has 2 unspecified atom stereocenters. The summed E-state index contributed by atoms with van der Waals surface area (Å²) < 4.78 is 27.4. The summed E-state index contributed by atoms with van der Waals surface area (Å²) in [5, 5.41) is 27.3. The van der Waals surface area contributed by atoms with Gasteiger partial charge in [0.25, 0.3) is 0 Å². The molecule has 4 nitrogen and oxygen atoms in total. The minimum absolute atomic E-state index is 0.213. The highest BCUT2D eigenvalue weighted by Crippen LogP contribution is 2.27. The average molecular weight is 260 g/mol. The second-order valence-corrected chi connectivity index (χ2v) is 3.92. The quantitative estimate of drug-likeness (QED) is 0.750. The first-order valence-corrected chi connectivity index (χ1v) is 5.43. The highest BCUT2D eigenvalue weighted by molar-refractivity contribution is 5.87. The molecule has 1 aromatic rings. The SMILES string of the molecule is CCC(O)C(CO)c1c(F)cc(C(=O)O)cc1F. The van der Waals surface area contributed by atoms with Crippen LogP contribution in [0.25, 0.3) is 0 Å². The fourth-order valence-corrected chi connectivity index (χ4v) is 1.75. The standard InChI is InChI=1S/C12H14F2O4/c1-2-10(16)7(5-15)11-8(13)3-6(12(17)18)4-9(11)14/h3-4,7,10,15-16H,2,5H2,1H3,(H,17,18). The number of carboxylic acids is 1. The van der Waals surface area contributed by atoms with Gasteiger partial charge in [-0.3, -0.25) is 0 Å². The van der Waals surface area contributed by atoms with Gasteiger partial charge in [0, 0.05) is 11.5 Å². The summed E-state index contributed by atoms with van der Waals surface area (Å²) >= 11 is 0. The molecule has 0 bridgehead atoms. The van der Waals surface area contributed by atoms with Crippen molar-refractivity contribution in [2.75, 3.05) is 6.61 Å². The normalized spacial score (nSPS) is 14.3. The fourth-order valence-electron chi connectivity index (χ4n) is 1.75. The fraction of sp³-hybridized carbons (Fsp3) is 0.417. The van der Waals surface area contributed by atoms with Crippen molar-refractivity contribution in [1.29, 1.82) is 0 Å². The van der Waals surface area contributed by atoms with Crippen molar-refractivity contribution in [2.45, 2.75) is 25.4 Å². The second-order valence-electron chi connectivity index (χ2n) is 3.92. The van der Waals surface area contributed by atoms with E-state index in [4.69, 9.17) is 10.2 Å². The molecule has 0 amide bonds. The van der Waals surface area contributed by atoms with Crippen molar-refractivity contribution in [3.8, 4) is 0 Å². The smallest absolute Gasteiger partial charge is 0.335 e. The number of hydrogen-bond acceptors (Lipinski definition) is 3. The minimum atomic E-state index is -1.45. The first kappa shape index (κ1) is 14.5. The maximum absolute atomic E-state index is 13.7. The Hall–Kier alpha value is -1.53. The Morgan fingerprint density at radius 1 is 1.33 bits per heavy atom. The third kappa shape index (κ3) is 2.83. The van der Waals surface area contributed by atoms with Crippen molar-refractivity contribution >= 4 is 5.97 Å². The summed E-state index contributed by atoms with van der Waals surface area (Å²) in [6.45, 7) is 0.976. The maximum atomic E-state index is 13.7. The predicted octanol–water partition coefficient (Wildman–Crippen LogP) is 1.51. The van der Waals surface area contributed by atoms with Gasteiger partial charge in [0.05, 0.1) is 18.3 Å². The number of carbonyl (C=O) groups is 1. The number of halogens is 2. The third-order valence-electron chi connectivity index (χ3n) is 2.78. The molecule has 0 fully saturated rings. The molecule has 0 aliphatic heterocycles. The van der Waals surface area contributed by atoms with Gasteiger partial charge >= 0.3 is 5.97 Å². The molecule has 0 saturated carbocycles. The molecule has 100 valence electrons. The van der Waals surface area contributed by atoms with Crippen LogP contribution in [0.2, 0.25) is 0 Å². The lowest BCUT2D eigenvalue weighted by molar-refractivity contribution is 0.0695. The molecular formula is C12H14F2O4. The molecule has 0 radical (unpaired) electrons. The predicted molar refractivity (Wildman–Crippen MR) is 59.4 cm³/mol. The van der Waals surface area contributed by atoms with Crippen LogP contribution in [-0.2, 0) is 0 Å². The van der Waals surface area contributed by atoms with Crippen molar-refractivity contribution in [2.24, 2.45) is 0 Å². The molecule has 6 heteroatoms. The molecule has 18 heavy (non-hydrogen) atoms. The van der Waals surface area contributed by atoms with Gasteiger partial charge in [-0.2, -0.15) is 0 Å². The van der Waals surface area contributed by atoms with Gasteiger partial charge < -0.3 is 15.3 Å². The van der Waals surface area contributed by atoms with Gasteiger partial charge in [0.2, 0.25) is 0 Å². The van der Waals surface area contributed by atoms with Crippen LogP contribution >= 0.6 is 0 Å². The van der Waals surface area contributed by atoms with Gasteiger partial charge in [0.1, 0.15) is 11.6 Å². The lowest BCUT2D eigenvalue weighted by atomic mass is 9.91. The highest BCUT2D eigenvalue weighted by Gasteiger charge is 2.26. The van der Waals surface area contributed by atoms with Crippen LogP contribution < -0.4 is 0 Å². The Bertz CT molecular complexity index is 425. The lowest BCUT2D eigenvalue weighted by Crippen LogP contribution is -2.23. The summed E-state index contributed by atoms with van der Waals surface area (Å²) in [7, 11) is 0. The van der Waals surface area contributed by atoms with Crippen LogP contribution in [0.1, 0.15) is 35.2 Å². The van der Waals surface area contributed by atoms with E-state index in [2.05, 4.69) is 0 Å². The second kappa shape index (κ2) is 5.88. The van der Waals surface area contributed by atoms with Crippen molar-refractivity contribution in [1.82, 2.24) is 0 Å². The van der Waals surface area contributed by atoms with Gasteiger partial charge in [-0.1, -0.05) is 6.92 Å². The maximum Gasteiger partial charge on any atom is 0.335 e. The zero-order valence-corrected chi connectivity index (χ0v) is 9.73. The van der Waals surface area contributed by atoms with Crippen molar-refractivity contribution < 1.29 is 28.9 Å².